The SMILES string of the molecule is C[C@H]1[C@@H](CN(C)[C@H](C)[C@@H](O)c2ccccc2)O[C@@H](c2ccc(-c3ccccc3CNC(=O)C(Cl)(Cl)Cl)cc2)O[C@H]1c1ccc(CO)cc1. The summed E-state index contributed by atoms with van der Waals surface area (Å²) in [6.07, 6.45) is -1.80. The molecule has 1 saturated heterocycles. The maximum atomic E-state index is 12.2. The lowest BCUT2D eigenvalue weighted by Gasteiger charge is -2.43. The molecule has 254 valence electrons. The minimum absolute atomic E-state index is 0.0150. The number of benzene rings is 4. The Labute approximate surface area is 297 Å². The molecular formula is C38H41Cl3N2O5. The molecule has 4 aromatic rings. The molecule has 48 heavy (non-hydrogen) atoms. The monoisotopic (exact) mass is 710 g/mol. The van der Waals surface area contributed by atoms with Crippen molar-refractivity contribution in [3.63, 3.8) is 0 Å². The number of ether oxygens (including phenoxy) is 2. The van der Waals surface area contributed by atoms with E-state index in [-0.39, 0.29) is 37.3 Å². The van der Waals surface area contributed by atoms with E-state index in [4.69, 9.17) is 44.3 Å². The minimum Gasteiger partial charge on any atom is -0.392 e. The van der Waals surface area contributed by atoms with Gasteiger partial charge in [0.25, 0.3) is 9.70 Å². The van der Waals surface area contributed by atoms with Crippen LogP contribution in [0.25, 0.3) is 11.1 Å². The van der Waals surface area contributed by atoms with E-state index in [0.29, 0.717) is 6.54 Å². The van der Waals surface area contributed by atoms with Crippen molar-refractivity contribution in [1.82, 2.24) is 10.2 Å². The van der Waals surface area contributed by atoms with Crippen LogP contribution in [0.3, 0.4) is 0 Å². The summed E-state index contributed by atoms with van der Waals surface area (Å²) < 4.78 is 11.3. The molecule has 3 N–H and O–H groups in total. The average molecular weight is 712 g/mol. The number of alkyl halides is 3. The van der Waals surface area contributed by atoms with E-state index in [0.717, 1.165) is 38.9 Å². The summed E-state index contributed by atoms with van der Waals surface area (Å²) in [5.41, 5.74) is 6.30. The molecule has 0 unspecified atom stereocenters. The Kier molecular flexibility index (Phi) is 12.2. The Morgan fingerprint density at radius 3 is 2.17 bits per heavy atom. The molecule has 0 radical (unpaired) electrons. The number of hydrogen-bond donors (Lipinski definition) is 3. The van der Waals surface area contributed by atoms with Gasteiger partial charge in [-0.2, -0.15) is 0 Å². The first-order valence-corrected chi connectivity index (χ1v) is 17.1. The van der Waals surface area contributed by atoms with Crippen LogP contribution in [0.2, 0.25) is 0 Å². The average Bonchev–Trinajstić information content (AvgIpc) is 3.11. The lowest BCUT2D eigenvalue weighted by molar-refractivity contribution is -0.276. The number of aliphatic hydroxyl groups is 2. The second-order valence-corrected chi connectivity index (χ2v) is 14.6. The fourth-order valence-electron chi connectivity index (χ4n) is 6.00. The number of nitrogens with zero attached hydrogens (tertiary/aromatic N) is 1. The van der Waals surface area contributed by atoms with Gasteiger partial charge in [0.15, 0.2) is 6.29 Å². The highest BCUT2D eigenvalue weighted by Gasteiger charge is 2.39. The molecule has 0 aromatic heterocycles. The van der Waals surface area contributed by atoms with Crippen LogP contribution in [0.1, 0.15) is 60.2 Å². The van der Waals surface area contributed by atoms with Crippen molar-refractivity contribution in [2.75, 3.05) is 13.6 Å². The highest BCUT2D eigenvalue weighted by atomic mass is 35.6. The third kappa shape index (κ3) is 8.78. The number of amides is 1. The Morgan fingerprint density at radius 2 is 1.52 bits per heavy atom. The lowest BCUT2D eigenvalue weighted by atomic mass is 9.89. The number of aliphatic hydroxyl groups excluding tert-OH is 2. The fraction of sp³-hybridized carbons (Fsp3) is 0.342. The summed E-state index contributed by atoms with van der Waals surface area (Å²) >= 11 is 17.2. The number of carbonyl (C=O) groups is 1. The largest absolute Gasteiger partial charge is 0.392 e. The van der Waals surface area contributed by atoms with Gasteiger partial charge in [-0.05, 0) is 47.4 Å². The Balaban J connectivity index is 1.38. The molecule has 5 rings (SSSR count). The Hall–Kier alpha value is -2.98. The molecule has 7 nitrogen and oxygen atoms in total. The highest BCUT2D eigenvalue weighted by Crippen LogP contribution is 2.42. The van der Waals surface area contributed by atoms with Crippen molar-refractivity contribution in [2.45, 2.75) is 61.4 Å². The first-order valence-electron chi connectivity index (χ1n) is 15.9. The van der Waals surface area contributed by atoms with Crippen molar-refractivity contribution in [3.8, 4) is 11.1 Å². The predicted octanol–water partition coefficient (Wildman–Crippen LogP) is 7.68. The van der Waals surface area contributed by atoms with Crippen LogP contribution in [-0.2, 0) is 27.4 Å². The van der Waals surface area contributed by atoms with E-state index in [1.54, 1.807) is 0 Å². The molecule has 0 saturated carbocycles. The summed E-state index contributed by atoms with van der Waals surface area (Å²) in [6.45, 7) is 4.88. The van der Waals surface area contributed by atoms with Gasteiger partial charge in [0.05, 0.1) is 24.9 Å². The van der Waals surface area contributed by atoms with E-state index in [9.17, 15) is 15.0 Å². The molecule has 6 atom stereocenters. The second kappa shape index (κ2) is 16.2. The Bertz CT molecular complexity index is 1630. The van der Waals surface area contributed by atoms with Crippen molar-refractivity contribution < 1.29 is 24.5 Å². The van der Waals surface area contributed by atoms with Crippen LogP contribution in [0.5, 0.6) is 0 Å². The molecule has 0 aliphatic carbocycles. The maximum absolute atomic E-state index is 12.2. The van der Waals surface area contributed by atoms with Crippen LogP contribution in [0.15, 0.2) is 103 Å². The van der Waals surface area contributed by atoms with Crippen LogP contribution >= 0.6 is 34.8 Å². The molecule has 1 heterocycles. The van der Waals surface area contributed by atoms with E-state index < -0.39 is 22.1 Å². The summed E-state index contributed by atoms with van der Waals surface area (Å²) in [6, 6.07) is 33.0. The molecular weight excluding hydrogens is 671 g/mol. The quantitative estimate of drug-likeness (QED) is 0.138. The van der Waals surface area contributed by atoms with Gasteiger partial charge in [-0.1, -0.05) is 145 Å². The van der Waals surface area contributed by atoms with Crippen molar-refractivity contribution in [1.29, 1.82) is 0 Å². The number of carbonyl (C=O) groups excluding carboxylic acids is 1. The molecule has 1 aliphatic rings. The van der Waals surface area contributed by atoms with Crippen molar-refractivity contribution in [3.05, 3.63) is 131 Å². The summed E-state index contributed by atoms with van der Waals surface area (Å²) in [4.78, 5) is 14.3. The van der Waals surface area contributed by atoms with Crippen molar-refractivity contribution in [2.24, 2.45) is 5.92 Å². The number of halogens is 3. The third-order valence-corrected chi connectivity index (χ3v) is 9.61. The van der Waals surface area contributed by atoms with Gasteiger partial charge in [-0.25, -0.2) is 0 Å². The van der Waals surface area contributed by atoms with Gasteiger partial charge < -0.3 is 25.0 Å². The molecule has 10 heteroatoms. The number of hydrogen-bond acceptors (Lipinski definition) is 6. The Morgan fingerprint density at radius 1 is 0.896 bits per heavy atom. The van der Waals surface area contributed by atoms with Gasteiger partial charge >= 0.3 is 0 Å². The smallest absolute Gasteiger partial charge is 0.272 e. The third-order valence-electron chi connectivity index (χ3n) is 9.09. The lowest BCUT2D eigenvalue weighted by Crippen LogP contribution is -2.46. The first kappa shape index (κ1) is 36.3. The summed E-state index contributed by atoms with van der Waals surface area (Å²) in [7, 11) is 2.00. The number of nitrogens with one attached hydrogen (secondary N) is 1. The standard InChI is InChI=1S/C38H41Cl3N2O5/c1-24-33(22-43(3)25(2)34(45)28-9-5-4-6-10-28)47-36(48-35(24)29-15-13-26(23-44)14-16-29)30-19-17-27(18-20-30)32-12-8-7-11-31(32)21-42-37(46)38(39,40)41/h4-20,24-25,33-36,44-45H,21-23H2,1-3H3,(H,42,46)/t24-,25+,33+,34+,35+,36+/m0/s1. The van der Waals surface area contributed by atoms with Gasteiger partial charge in [-0.3, -0.25) is 9.69 Å². The number of likely N-dealkylation sites (N-methyl/N-ethyl adjacent to an activating group) is 1. The van der Waals surface area contributed by atoms with Crippen LogP contribution in [0, 0.1) is 5.92 Å². The molecule has 0 spiro atoms. The van der Waals surface area contributed by atoms with Gasteiger partial charge in [0.2, 0.25) is 0 Å². The molecule has 0 bridgehead atoms. The maximum Gasteiger partial charge on any atom is 0.272 e. The van der Waals surface area contributed by atoms with Crippen LogP contribution < -0.4 is 5.32 Å². The fourth-order valence-corrected chi connectivity index (χ4v) is 6.20. The zero-order valence-electron chi connectivity index (χ0n) is 27.1. The molecule has 1 fully saturated rings. The molecule has 1 aliphatic heterocycles. The zero-order valence-corrected chi connectivity index (χ0v) is 29.4. The topological polar surface area (TPSA) is 91.3 Å². The highest BCUT2D eigenvalue weighted by molar-refractivity contribution is 6.76. The van der Waals surface area contributed by atoms with E-state index in [1.165, 1.54) is 0 Å². The van der Waals surface area contributed by atoms with Gasteiger partial charge in [0, 0.05) is 30.6 Å². The van der Waals surface area contributed by atoms with E-state index in [1.807, 2.05) is 117 Å². The van der Waals surface area contributed by atoms with Gasteiger partial charge in [-0.15, -0.1) is 0 Å². The van der Waals surface area contributed by atoms with E-state index in [2.05, 4.69) is 17.1 Å². The molecule has 1 amide bonds. The van der Waals surface area contributed by atoms with E-state index >= 15 is 0 Å². The predicted molar refractivity (Wildman–Crippen MR) is 190 cm³/mol. The summed E-state index contributed by atoms with van der Waals surface area (Å²) in [5.74, 6) is -0.706. The number of rotatable bonds is 11. The van der Waals surface area contributed by atoms with Crippen LogP contribution in [0.4, 0.5) is 0 Å². The summed E-state index contributed by atoms with van der Waals surface area (Å²) in [5, 5.41) is 23.4. The second-order valence-electron chi connectivity index (χ2n) is 12.3. The first-order chi connectivity index (χ1) is 23.0. The van der Waals surface area contributed by atoms with Crippen LogP contribution in [-0.4, -0.2) is 50.6 Å². The minimum atomic E-state index is -2.04. The normalized spacial score (nSPS) is 21.1. The zero-order chi connectivity index (χ0) is 34.4. The molecule has 4 aromatic carbocycles. The van der Waals surface area contributed by atoms with Gasteiger partial charge in [0.1, 0.15) is 0 Å². The van der Waals surface area contributed by atoms with Crippen molar-refractivity contribution >= 4 is 40.7 Å².